The molecule has 21 heavy (non-hydrogen) atoms. The summed E-state index contributed by atoms with van der Waals surface area (Å²) in [7, 11) is 1.78. The summed E-state index contributed by atoms with van der Waals surface area (Å²) in [6, 6.07) is 17.2. The molecule has 0 fully saturated rings. The van der Waals surface area contributed by atoms with Crippen LogP contribution < -0.4 is 10.7 Å². The molecule has 0 saturated carbocycles. The van der Waals surface area contributed by atoms with Gasteiger partial charge in [0, 0.05) is 18.9 Å². The van der Waals surface area contributed by atoms with Crippen LogP contribution in [-0.2, 0) is 0 Å². The molecule has 0 aliphatic heterocycles. The Morgan fingerprint density at radius 1 is 1.05 bits per heavy atom. The van der Waals surface area contributed by atoms with Crippen molar-refractivity contribution in [3.8, 4) is 0 Å². The highest BCUT2D eigenvalue weighted by molar-refractivity contribution is 5.99. The summed E-state index contributed by atoms with van der Waals surface area (Å²) in [6.07, 6.45) is 5.24. The molecule has 0 aliphatic carbocycles. The van der Waals surface area contributed by atoms with E-state index in [0.717, 1.165) is 11.3 Å². The minimum atomic E-state index is -0.246. The third kappa shape index (κ3) is 4.31. The van der Waals surface area contributed by atoms with Gasteiger partial charge in [-0.05, 0) is 23.8 Å². The zero-order valence-electron chi connectivity index (χ0n) is 11.8. The molecular formula is C17H17N3O. The third-order valence-corrected chi connectivity index (χ3v) is 2.86. The molecule has 0 saturated heterocycles. The van der Waals surface area contributed by atoms with Gasteiger partial charge in [-0.25, -0.2) is 5.43 Å². The molecule has 2 N–H and O–H groups in total. The van der Waals surface area contributed by atoms with Gasteiger partial charge in [0.15, 0.2) is 0 Å². The van der Waals surface area contributed by atoms with Crippen molar-refractivity contribution < 1.29 is 4.79 Å². The molecule has 1 amide bonds. The number of para-hydroxylation sites is 1. The van der Waals surface area contributed by atoms with Crippen LogP contribution in [0.5, 0.6) is 0 Å². The normalized spacial score (nSPS) is 10.9. The Bertz CT molecular complexity index is 648. The zero-order chi connectivity index (χ0) is 14.9. The average molecular weight is 279 g/mol. The maximum absolute atomic E-state index is 12.0. The lowest BCUT2D eigenvalue weighted by atomic mass is 10.1. The van der Waals surface area contributed by atoms with Gasteiger partial charge in [-0.1, -0.05) is 48.5 Å². The molecule has 0 aliphatic rings. The van der Waals surface area contributed by atoms with E-state index >= 15 is 0 Å². The molecule has 0 unspecified atom stereocenters. The predicted octanol–water partition coefficient (Wildman–Crippen LogP) is 3.16. The van der Waals surface area contributed by atoms with E-state index in [1.165, 1.54) is 0 Å². The third-order valence-electron chi connectivity index (χ3n) is 2.86. The Labute approximate surface area is 124 Å². The van der Waals surface area contributed by atoms with Crippen molar-refractivity contribution >= 4 is 23.9 Å². The standard InChI is InChI=1S/C17H17N3O/c1-18-16-12-6-5-11-15(16)17(21)20-19-13-7-10-14-8-3-2-4-9-14/h2-13,18H,1H3,(H,20,21)/b10-7+,19-13+. The lowest BCUT2D eigenvalue weighted by molar-refractivity contribution is 0.0956. The van der Waals surface area contributed by atoms with Crippen LogP contribution in [-0.4, -0.2) is 19.2 Å². The van der Waals surface area contributed by atoms with Crippen LogP contribution >= 0.6 is 0 Å². The second-order valence-electron chi connectivity index (χ2n) is 4.28. The van der Waals surface area contributed by atoms with Crippen LogP contribution in [0.3, 0.4) is 0 Å². The van der Waals surface area contributed by atoms with E-state index in [0.29, 0.717) is 5.56 Å². The second kappa shape index (κ2) is 7.65. The van der Waals surface area contributed by atoms with Gasteiger partial charge in [-0.2, -0.15) is 5.10 Å². The van der Waals surface area contributed by atoms with Gasteiger partial charge < -0.3 is 5.32 Å². The number of hydrazone groups is 1. The number of carbonyl (C=O) groups is 1. The van der Waals surface area contributed by atoms with E-state index in [1.54, 1.807) is 25.4 Å². The molecule has 0 bridgehead atoms. The number of hydrogen-bond donors (Lipinski definition) is 2. The van der Waals surface area contributed by atoms with Gasteiger partial charge in [0.25, 0.3) is 5.91 Å². The maximum atomic E-state index is 12.0. The minimum Gasteiger partial charge on any atom is -0.387 e. The fourth-order valence-electron chi connectivity index (χ4n) is 1.82. The fraction of sp³-hybridized carbons (Fsp3) is 0.0588. The fourth-order valence-corrected chi connectivity index (χ4v) is 1.82. The number of rotatable bonds is 5. The summed E-state index contributed by atoms with van der Waals surface area (Å²) >= 11 is 0. The number of hydrogen-bond acceptors (Lipinski definition) is 3. The van der Waals surface area contributed by atoms with Gasteiger partial charge in [0.05, 0.1) is 5.56 Å². The Balaban J connectivity index is 1.92. The summed E-state index contributed by atoms with van der Waals surface area (Å²) < 4.78 is 0. The van der Waals surface area contributed by atoms with Crippen molar-refractivity contribution in [3.05, 3.63) is 71.8 Å². The van der Waals surface area contributed by atoms with Crippen LogP contribution in [0.4, 0.5) is 5.69 Å². The topological polar surface area (TPSA) is 53.5 Å². The van der Waals surface area contributed by atoms with E-state index in [9.17, 15) is 4.79 Å². The molecule has 4 heteroatoms. The van der Waals surface area contributed by atoms with Crippen molar-refractivity contribution in [2.24, 2.45) is 5.10 Å². The van der Waals surface area contributed by atoms with E-state index in [2.05, 4.69) is 15.8 Å². The van der Waals surface area contributed by atoms with E-state index in [-0.39, 0.29) is 5.91 Å². The Morgan fingerprint density at radius 3 is 2.52 bits per heavy atom. The number of benzene rings is 2. The van der Waals surface area contributed by atoms with Gasteiger partial charge in [0.2, 0.25) is 0 Å². The van der Waals surface area contributed by atoms with Crippen LogP contribution in [0.25, 0.3) is 6.08 Å². The lowest BCUT2D eigenvalue weighted by Gasteiger charge is -2.06. The van der Waals surface area contributed by atoms with E-state index < -0.39 is 0 Å². The Hall–Kier alpha value is -2.88. The number of allylic oxidation sites excluding steroid dienone is 1. The molecule has 0 spiro atoms. The van der Waals surface area contributed by atoms with E-state index in [4.69, 9.17) is 0 Å². The molecule has 0 radical (unpaired) electrons. The molecular weight excluding hydrogens is 262 g/mol. The van der Waals surface area contributed by atoms with Crippen molar-refractivity contribution in [1.29, 1.82) is 0 Å². The first-order chi connectivity index (χ1) is 10.3. The highest BCUT2D eigenvalue weighted by Gasteiger charge is 2.07. The molecule has 0 heterocycles. The Kier molecular flexibility index (Phi) is 5.29. The number of nitrogens with one attached hydrogen (secondary N) is 2. The predicted molar refractivity (Wildman–Crippen MR) is 87.4 cm³/mol. The summed E-state index contributed by atoms with van der Waals surface area (Å²) in [5.41, 5.74) is 4.91. The minimum absolute atomic E-state index is 0.246. The molecule has 0 aromatic heterocycles. The van der Waals surface area contributed by atoms with Gasteiger partial charge in [-0.15, -0.1) is 0 Å². The molecule has 106 valence electrons. The average Bonchev–Trinajstić information content (AvgIpc) is 2.55. The van der Waals surface area contributed by atoms with Crippen molar-refractivity contribution in [3.63, 3.8) is 0 Å². The van der Waals surface area contributed by atoms with Crippen LogP contribution in [0, 0.1) is 0 Å². The summed E-state index contributed by atoms with van der Waals surface area (Å²) in [6.45, 7) is 0. The highest BCUT2D eigenvalue weighted by Crippen LogP contribution is 2.13. The molecule has 0 atom stereocenters. The van der Waals surface area contributed by atoms with Crippen LogP contribution in [0.2, 0.25) is 0 Å². The second-order valence-corrected chi connectivity index (χ2v) is 4.28. The quantitative estimate of drug-likeness (QED) is 0.652. The highest BCUT2D eigenvalue weighted by atomic mass is 16.2. The molecule has 4 nitrogen and oxygen atoms in total. The number of carbonyl (C=O) groups excluding carboxylic acids is 1. The number of amides is 1. The summed E-state index contributed by atoms with van der Waals surface area (Å²) in [5, 5.41) is 6.87. The summed E-state index contributed by atoms with van der Waals surface area (Å²) in [4.78, 5) is 12.0. The first-order valence-electron chi connectivity index (χ1n) is 6.63. The molecule has 2 rings (SSSR count). The molecule has 2 aromatic carbocycles. The molecule has 2 aromatic rings. The van der Waals surface area contributed by atoms with Gasteiger partial charge >= 0.3 is 0 Å². The van der Waals surface area contributed by atoms with Crippen molar-refractivity contribution in [2.45, 2.75) is 0 Å². The largest absolute Gasteiger partial charge is 0.387 e. The van der Waals surface area contributed by atoms with Crippen LogP contribution in [0.1, 0.15) is 15.9 Å². The number of nitrogens with zero attached hydrogens (tertiary/aromatic N) is 1. The van der Waals surface area contributed by atoms with Crippen LogP contribution in [0.15, 0.2) is 65.8 Å². The van der Waals surface area contributed by atoms with Crippen molar-refractivity contribution in [2.75, 3.05) is 12.4 Å². The smallest absolute Gasteiger partial charge is 0.273 e. The summed E-state index contributed by atoms with van der Waals surface area (Å²) in [5.74, 6) is -0.246. The monoisotopic (exact) mass is 279 g/mol. The maximum Gasteiger partial charge on any atom is 0.273 e. The van der Waals surface area contributed by atoms with E-state index in [1.807, 2.05) is 54.6 Å². The zero-order valence-corrected chi connectivity index (χ0v) is 11.8. The van der Waals surface area contributed by atoms with Crippen molar-refractivity contribution in [1.82, 2.24) is 5.43 Å². The number of anilines is 1. The Morgan fingerprint density at radius 2 is 1.76 bits per heavy atom. The SMILES string of the molecule is CNc1ccccc1C(=O)N/N=C/C=C/c1ccccc1. The first-order valence-corrected chi connectivity index (χ1v) is 6.63. The lowest BCUT2D eigenvalue weighted by Crippen LogP contribution is -2.18. The van der Waals surface area contributed by atoms with Gasteiger partial charge in [-0.3, -0.25) is 4.79 Å². The first kappa shape index (κ1) is 14.5. The van der Waals surface area contributed by atoms with Gasteiger partial charge in [0.1, 0.15) is 0 Å².